The van der Waals surface area contributed by atoms with Gasteiger partial charge in [0.15, 0.2) is 0 Å². The monoisotopic (exact) mass is 296 g/mol. The molecule has 6 heteroatoms. The van der Waals surface area contributed by atoms with E-state index in [0.717, 1.165) is 19.3 Å². The quantitative estimate of drug-likeness (QED) is 0.924. The van der Waals surface area contributed by atoms with E-state index in [-0.39, 0.29) is 10.9 Å². The predicted octanol–water partition coefficient (Wildman–Crippen LogP) is 2.12. The van der Waals surface area contributed by atoms with Crippen LogP contribution < -0.4 is 4.72 Å². The zero-order chi connectivity index (χ0) is 13.9. The van der Waals surface area contributed by atoms with Crippen molar-refractivity contribution in [3.05, 3.63) is 29.8 Å². The summed E-state index contributed by atoms with van der Waals surface area (Å²) in [6.45, 7) is 0. The Labute approximate surface area is 118 Å². The van der Waals surface area contributed by atoms with Gasteiger partial charge in [-0.25, -0.2) is 13.1 Å². The average molecular weight is 296 g/mol. The van der Waals surface area contributed by atoms with Crippen LogP contribution in [-0.4, -0.2) is 26.0 Å². The van der Waals surface area contributed by atoms with Gasteiger partial charge in [-0.3, -0.25) is 0 Å². The minimum absolute atomic E-state index is 0.00985. The summed E-state index contributed by atoms with van der Waals surface area (Å²) in [6, 6.07) is 7.98. The van der Waals surface area contributed by atoms with E-state index in [9.17, 15) is 8.42 Å². The molecule has 1 aromatic rings. The molecule has 2 rings (SSSR count). The van der Waals surface area contributed by atoms with Crippen LogP contribution >= 0.6 is 11.8 Å². The lowest BCUT2D eigenvalue weighted by Gasteiger charge is -2.19. The SMILES string of the molecule is CSC1CCCC1NS(=O)(=O)c1ccc(C#N)cc1. The van der Waals surface area contributed by atoms with E-state index >= 15 is 0 Å². The van der Waals surface area contributed by atoms with Crippen LogP contribution in [0.2, 0.25) is 0 Å². The molecule has 0 saturated heterocycles. The number of nitrogens with one attached hydrogen (secondary N) is 1. The Hall–Kier alpha value is -1.03. The summed E-state index contributed by atoms with van der Waals surface area (Å²) in [6.07, 6.45) is 5.02. The maximum absolute atomic E-state index is 12.2. The smallest absolute Gasteiger partial charge is 0.207 e. The lowest BCUT2D eigenvalue weighted by Crippen LogP contribution is -2.38. The standard InChI is InChI=1S/C13H16N2O2S2/c1-18-13-4-2-3-12(13)15-19(16,17)11-7-5-10(9-14)6-8-11/h5-8,12-13,15H,2-4H2,1H3. The number of nitriles is 1. The van der Waals surface area contributed by atoms with Gasteiger partial charge in [-0.1, -0.05) is 6.42 Å². The number of nitrogens with zero attached hydrogens (tertiary/aromatic N) is 1. The average Bonchev–Trinajstić information content (AvgIpc) is 2.85. The highest BCUT2D eigenvalue weighted by atomic mass is 32.2. The van der Waals surface area contributed by atoms with Crippen LogP contribution in [0.1, 0.15) is 24.8 Å². The van der Waals surface area contributed by atoms with E-state index in [1.165, 1.54) is 24.3 Å². The highest BCUT2D eigenvalue weighted by Gasteiger charge is 2.30. The van der Waals surface area contributed by atoms with E-state index < -0.39 is 10.0 Å². The van der Waals surface area contributed by atoms with Crippen LogP contribution in [0.3, 0.4) is 0 Å². The second kappa shape index (κ2) is 5.95. The molecule has 0 bridgehead atoms. The Morgan fingerprint density at radius 3 is 2.58 bits per heavy atom. The van der Waals surface area contributed by atoms with Crippen molar-refractivity contribution < 1.29 is 8.42 Å². The summed E-state index contributed by atoms with van der Waals surface area (Å²) >= 11 is 1.71. The molecule has 2 unspecified atom stereocenters. The van der Waals surface area contributed by atoms with Crippen LogP contribution in [0.15, 0.2) is 29.2 Å². The van der Waals surface area contributed by atoms with E-state index in [2.05, 4.69) is 4.72 Å². The minimum Gasteiger partial charge on any atom is -0.207 e. The normalized spacial score (nSPS) is 23.2. The van der Waals surface area contributed by atoms with Gasteiger partial charge in [-0.15, -0.1) is 0 Å². The predicted molar refractivity (Wildman–Crippen MR) is 76.4 cm³/mol. The third-order valence-electron chi connectivity index (χ3n) is 3.36. The van der Waals surface area contributed by atoms with Gasteiger partial charge in [-0.05, 0) is 43.4 Å². The van der Waals surface area contributed by atoms with E-state index in [4.69, 9.17) is 5.26 Å². The molecule has 0 heterocycles. The summed E-state index contributed by atoms with van der Waals surface area (Å²) in [5.41, 5.74) is 0.460. The van der Waals surface area contributed by atoms with Gasteiger partial charge in [-0.2, -0.15) is 17.0 Å². The fraction of sp³-hybridized carbons (Fsp3) is 0.462. The van der Waals surface area contributed by atoms with E-state index in [1.807, 2.05) is 12.3 Å². The van der Waals surface area contributed by atoms with Crippen LogP contribution in [0.25, 0.3) is 0 Å². The van der Waals surface area contributed by atoms with Crippen molar-refractivity contribution in [1.82, 2.24) is 4.72 Å². The molecule has 102 valence electrons. The molecular formula is C13H16N2O2S2. The fourth-order valence-corrected chi connectivity index (χ4v) is 4.65. The van der Waals surface area contributed by atoms with Crippen LogP contribution in [-0.2, 0) is 10.0 Å². The maximum atomic E-state index is 12.2. The second-order valence-corrected chi connectivity index (χ2v) is 7.36. The molecule has 0 spiro atoms. The Balaban J connectivity index is 2.15. The molecule has 1 aromatic carbocycles. The third-order valence-corrected chi connectivity index (χ3v) is 6.03. The molecule has 0 aliphatic heterocycles. The second-order valence-electron chi connectivity index (χ2n) is 4.57. The summed E-state index contributed by atoms with van der Waals surface area (Å²) in [5.74, 6) is 0. The molecule has 4 nitrogen and oxygen atoms in total. The molecule has 1 aliphatic rings. The van der Waals surface area contributed by atoms with Crippen molar-refractivity contribution in [2.24, 2.45) is 0 Å². The number of hydrogen-bond donors (Lipinski definition) is 1. The van der Waals surface area contributed by atoms with E-state index in [0.29, 0.717) is 10.8 Å². The summed E-state index contributed by atoms with van der Waals surface area (Å²) < 4.78 is 27.3. The molecule has 1 fully saturated rings. The topological polar surface area (TPSA) is 70.0 Å². The largest absolute Gasteiger partial charge is 0.240 e. The zero-order valence-corrected chi connectivity index (χ0v) is 12.3. The Morgan fingerprint density at radius 1 is 1.32 bits per heavy atom. The first-order valence-corrected chi connectivity index (χ1v) is 8.89. The number of hydrogen-bond acceptors (Lipinski definition) is 4. The Morgan fingerprint density at radius 2 is 2.00 bits per heavy atom. The first-order valence-electron chi connectivity index (χ1n) is 6.12. The highest BCUT2D eigenvalue weighted by Crippen LogP contribution is 2.29. The highest BCUT2D eigenvalue weighted by molar-refractivity contribution is 7.99. The molecule has 1 aliphatic carbocycles. The molecule has 1 N–H and O–H groups in total. The van der Waals surface area contributed by atoms with Crippen LogP contribution in [0.4, 0.5) is 0 Å². The summed E-state index contributed by atoms with van der Waals surface area (Å²) in [7, 11) is -3.48. The van der Waals surface area contributed by atoms with Crippen molar-refractivity contribution in [3.8, 4) is 6.07 Å². The van der Waals surface area contributed by atoms with Crippen molar-refractivity contribution in [2.45, 2.75) is 35.4 Å². The zero-order valence-electron chi connectivity index (χ0n) is 10.7. The van der Waals surface area contributed by atoms with Crippen molar-refractivity contribution in [2.75, 3.05) is 6.26 Å². The van der Waals surface area contributed by atoms with Gasteiger partial charge in [0, 0.05) is 11.3 Å². The molecule has 0 radical (unpaired) electrons. The minimum atomic E-state index is -3.48. The number of thioether (sulfide) groups is 1. The first kappa shape index (κ1) is 14.4. The Bertz CT molecular complexity index is 576. The van der Waals surface area contributed by atoms with Gasteiger partial charge in [0.05, 0.1) is 16.5 Å². The van der Waals surface area contributed by atoms with Gasteiger partial charge in [0.25, 0.3) is 0 Å². The summed E-state index contributed by atoms with van der Waals surface area (Å²) in [4.78, 5) is 0.221. The van der Waals surface area contributed by atoms with Gasteiger partial charge < -0.3 is 0 Å². The van der Waals surface area contributed by atoms with Gasteiger partial charge in [0.2, 0.25) is 10.0 Å². The lowest BCUT2D eigenvalue weighted by molar-refractivity contribution is 0.555. The molecule has 1 saturated carbocycles. The van der Waals surface area contributed by atoms with Crippen molar-refractivity contribution >= 4 is 21.8 Å². The number of benzene rings is 1. The molecular weight excluding hydrogens is 280 g/mol. The summed E-state index contributed by atoms with van der Waals surface area (Å²) in [5, 5.41) is 9.06. The van der Waals surface area contributed by atoms with Crippen LogP contribution in [0.5, 0.6) is 0 Å². The third kappa shape index (κ3) is 3.30. The Kier molecular flexibility index (Phi) is 4.50. The van der Waals surface area contributed by atoms with Gasteiger partial charge >= 0.3 is 0 Å². The van der Waals surface area contributed by atoms with Gasteiger partial charge in [0.1, 0.15) is 0 Å². The first-order chi connectivity index (χ1) is 9.06. The van der Waals surface area contributed by atoms with Crippen molar-refractivity contribution in [3.63, 3.8) is 0 Å². The maximum Gasteiger partial charge on any atom is 0.240 e. The number of sulfonamides is 1. The molecule has 2 atom stereocenters. The van der Waals surface area contributed by atoms with Crippen LogP contribution in [0, 0.1) is 11.3 Å². The van der Waals surface area contributed by atoms with E-state index in [1.54, 1.807) is 11.8 Å². The lowest BCUT2D eigenvalue weighted by atomic mass is 10.2. The molecule has 0 aromatic heterocycles. The molecule has 0 amide bonds. The molecule has 19 heavy (non-hydrogen) atoms. The fourth-order valence-electron chi connectivity index (χ4n) is 2.32. The number of rotatable bonds is 4. The van der Waals surface area contributed by atoms with Crippen molar-refractivity contribution in [1.29, 1.82) is 5.26 Å².